The third-order valence-electron chi connectivity index (χ3n) is 4.70. The molecule has 0 radical (unpaired) electrons. The average molecular weight is 439 g/mol. The van der Waals surface area contributed by atoms with Crippen molar-refractivity contribution < 1.29 is 22.7 Å². The molecule has 8 heteroatoms. The first-order valence-electron chi connectivity index (χ1n) is 9.81. The Balaban J connectivity index is 1.47. The van der Waals surface area contributed by atoms with Gasteiger partial charge in [0.2, 0.25) is 0 Å². The number of nitrogens with one attached hydrogen (secondary N) is 2. The standard InChI is InChI=1S/C23H22N2O5S/c1-16-4-2-5-19(14-16)24-23(26)17-6-8-18(9-7-17)25-31(27,28)20-10-11-21-22(15-20)30-13-3-12-29-21/h2,4-11,14-15,25H,3,12-13H2,1H3,(H,24,26). The Kier molecular flexibility index (Phi) is 5.81. The van der Waals surface area contributed by atoms with Crippen LogP contribution in [0.2, 0.25) is 0 Å². The maximum Gasteiger partial charge on any atom is 0.262 e. The van der Waals surface area contributed by atoms with Crippen LogP contribution in [-0.2, 0) is 10.0 Å². The summed E-state index contributed by atoms with van der Waals surface area (Å²) >= 11 is 0. The lowest BCUT2D eigenvalue weighted by atomic mass is 10.2. The third-order valence-corrected chi connectivity index (χ3v) is 6.08. The molecule has 1 aliphatic heterocycles. The molecular weight excluding hydrogens is 416 g/mol. The number of fused-ring (bicyclic) bond motifs is 1. The summed E-state index contributed by atoms with van der Waals surface area (Å²) in [5.74, 6) is 0.659. The number of aryl methyl sites for hydroxylation is 1. The fraction of sp³-hybridized carbons (Fsp3) is 0.174. The SMILES string of the molecule is Cc1cccc(NC(=O)c2ccc(NS(=O)(=O)c3ccc4c(c3)OCCCO4)cc2)c1. The van der Waals surface area contributed by atoms with E-state index in [0.29, 0.717) is 41.7 Å². The number of benzene rings is 3. The molecule has 4 rings (SSSR count). The van der Waals surface area contributed by atoms with Gasteiger partial charge in [-0.25, -0.2) is 8.42 Å². The van der Waals surface area contributed by atoms with Gasteiger partial charge in [0.25, 0.3) is 15.9 Å². The van der Waals surface area contributed by atoms with Crippen LogP contribution in [-0.4, -0.2) is 27.5 Å². The normalized spacial score (nSPS) is 13.2. The number of hydrogen-bond donors (Lipinski definition) is 2. The van der Waals surface area contributed by atoms with Gasteiger partial charge in [0, 0.05) is 29.4 Å². The van der Waals surface area contributed by atoms with Crippen LogP contribution in [0.4, 0.5) is 11.4 Å². The van der Waals surface area contributed by atoms with Crippen molar-refractivity contribution in [3.05, 3.63) is 77.9 Å². The molecule has 1 heterocycles. The first kappa shape index (κ1) is 20.7. The summed E-state index contributed by atoms with van der Waals surface area (Å²) in [6.45, 7) is 2.94. The van der Waals surface area contributed by atoms with Crippen LogP contribution in [0.25, 0.3) is 0 Å². The molecule has 0 saturated heterocycles. The minimum Gasteiger partial charge on any atom is -0.490 e. The van der Waals surface area contributed by atoms with Crippen molar-refractivity contribution in [2.24, 2.45) is 0 Å². The van der Waals surface area contributed by atoms with Gasteiger partial charge >= 0.3 is 0 Å². The second kappa shape index (κ2) is 8.69. The van der Waals surface area contributed by atoms with E-state index in [-0.39, 0.29) is 10.8 Å². The molecule has 0 saturated carbocycles. The summed E-state index contributed by atoms with van der Waals surface area (Å²) in [6, 6.07) is 18.2. The number of ether oxygens (including phenoxy) is 2. The van der Waals surface area contributed by atoms with Crippen LogP contribution in [0, 0.1) is 6.92 Å². The summed E-state index contributed by atoms with van der Waals surface area (Å²) in [5, 5.41) is 2.82. The van der Waals surface area contributed by atoms with Crippen LogP contribution in [0.3, 0.4) is 0 Å². The number of carbonyl (C=O) groups excluding carboxylic acids is 1. The second-order valence-corrected chi connectivity index (χ2v) is 8.85. The lowest BCUT2D eigenvalue weighted by Crippen LogP contribution is -2.14. The van der Waals surface area contributed by atoms with Crippen LogP contribution in [0.5, 0.6) is 11.5 Å². The molecule has 0 aliphatic carbocycles. The van der Waals surface area contributed by atoms with Crippen molar-refractivity contribution in [1.29, 1.82) is 0 Å². The van der Waals surface area contributed by atoms with Crippen molar-refractivity contribution in [2.75, 3.05) is 23.3 Å². The summed E-state index contributed by atoms with van der Waals surface area (Å²) in [7, 11) is -3.83. The lowest BCUT2D eigenvalue weighted by molar-refractivity contribution is 0.102. The third kappa shape index (κ3) is 4.97. The van der Waals surface area contributed by atoms with E-state index in [4.69, 9.17) is 9.47 Å². The monoisotopic (exact) mass is 438 g/mol. The summed E-state index contributed by atoms with van der Waals surface area (Å²) in [5.41, 5.74) is 2.50. The number of rotatable bonds is 5. The van der Waals surface area contributed by atoms with Crippen molar-refractivity contribution in [2.45, 2.75) is 18.2 Å². The molecule has 0 spiro atoms. The molecule has 7 nitrogen and oxygen atoms in total. The Morgan fingerprint density at radius 2 is 1.61 bits per heavy atom. The molecule has 1 amide bonds. The van der Waals surface area contributed by atoms with E-state index >= 15 is 0 Å². The smallest absolute Gasteiger partial charge is 0.262 e. The Morgan fingerprint density at radius 1 is 0.871 bits per heavy atom. The highest BCUT2D eigenvalue weighted by atomic mass is 32.2. The lowest BCUT2D eigenvalue weighted by Gasteiger charge is -2.12. The predicted octanol–water partition coefficient (Wildman–Crippen LogP) is 4.21. The van der Waals surface area contributed by atoms with Crippen molar-refractivity contribution in [3.8, 4) is 11.5 Å². The molecule has 0 unspecified atom stereocenters. The fourth-order valence-electron chi connectivity index (χ4n) is 3.14. The van der Waals surface area contributed by atoms with Gasteiger partial charge in [0.1, 0.15) is 0 Å². The molecule has 3 aromatic rings. The van der Waals surface area contributed by atoms with E-state index in [1.54, 1.807) is 30.3 Å². The van der Waals surface area contributed by atoms with Crippen LogP contribution in [0.1, 0.15) is 22.3 Å². The Hall–Kier alpha value is -3.52. The number of carbonyl (C=O) groups is 1. The number of amides is 1. The van der Waals surface area contributed by atoms with Gasteiger partial charge in [-0.2, -0.15) is 0 Å². The molecule has 0 aromatic heterocycles. The van der Waals surface area contributed by atoms with Crippen molar-refractivity contribution >= 4 is 27.3 Å². The fourth-order valence-corrected chi connectivity index (χ4v) is 4.21. The first-order chi connectivity index (χ1) is 14.9. The van der Waals surface area contributed by atoms with E-state index in [2.05, 4.69) is 10.0 Å². The minimum atomic E-state index is -3.83. The van der Waals surface area contributed by atoms with Gasteiger partial charge in [-0.05, 0) is 61.0 Å². The number of anilines is 2. The number of sulfonamides is 1. The van der Waals surface area contributed by atoms with Gasteiger partial charge in [0.15, 0.2) is 11.5 Å². The molecule has 160 valence electrons. The second-order valence-electron chi connectivity index (χ2n) is 7.17. The van der Waals surface area contributed by atoms with Crippen molar-refractivity contribution in [3.63, 3.8) is 0 Å². The average Bonchev–Trinajstić information content (AvgIpc) is 2.99. The highest BCUT2D eigenvalue weighted by Crippen LogP contribution is 2.32. The zero-order chi connectivity index (χ0) is 21.8. The van der Waals surface area contributed by atoms with Crippen LogP contribution < -0.4 is 19.5 Å². The zero-order valence-corrected chi connectivity index (χ0v) is 17.7. The number of hydrogen-bond acceptors (Lipinski definition) is 5. The van der Waals surface area contributed by atoms with Crippen molar-refractivity contribution in [1.82, 2.24) is 0 Å². The van der Waals surface area contributed by atoms with Gasteiger partial charge in [-0.15, -0.1) is 0 Å². The Bertz CT molecular complexity index is 1210. The maximum atomic E-state index is 12.8. The van der Waals surface area contributed by atoms with E-state index in [1.165, 1.54) is 12.1 Å². The quantitative estimate of drug-likeness (QED) is 0.622. The van der Waals surface area contributed by atoms with E-state index in [0.717, 1.165) is 12.0 Å². The van der Waals surface area contributed by atoms with Gasteiger partial charge in [-0.3, -0.25) is 9.52 Å². The molecule has 1 aliphatic rings. The zero-order valence-electron chi connectivity index (χ0n) is 16.9. The van der Waals surface area contributed by atoms with E-state index in [9.17, 15) is 13.2 Å². The summed E-state index contributed by atoms with van der Waals surface area (Å²) in [6.07, 6.45) is 0.735. The molecule has 0 bridgehead atoms. The molecule has 3 aromatic carbocycles. The highest BCUT2D eigenvalue weighted by molar-refractivity contribution is 7.92. The minimum absolute atomic E-state index is 0.0676. The molecular formula is C23H22N2O5S. The molecule has 0 atom stereocenters. The largest absolute Gasteiger partial charge is 0.490 e. The topological polar surface area (TPSA) is 93.7 Å². The Labute approximate surface area is 181 Å². The van der Waals surface area contributed by atoms with Gasteiger partial charge in [-0.1, -0.05) is 12.1 Å². The molecule has 31 heavy (non-hydrogen) atoms. The van der Waals surface area contributed by atoms with E-state index < -0.39 is 10.0 Å². The summed E-state index contributed by atoms with van der Waals surface area (Å²) in [4.78, 5) is 12.5. The van der Waals surface area contributed by atoms with Crippen LogP contribution >= 0.6 is 0 Å². The van der Waals surface area contributed by atoms with Gasteiger partial charge in [0.05, 0.1) is 18.1 Å². The predicted molar refractivity (Wildman–Crippen MR) is 118 cm³/mol. The van der Waals surface area contributed by atoms with E-state index in [1.807, 2.05) is 31.2 Å². The van der Waals surface area contributed by atoms with Gasteiger partial charge < -0.3 is 14.8 Å². The Morgan fingerprint density at radius 3 is 2.35 bits per heavy atom. The maximum absolute atomic E-state index is 12.8. The molecule has 0 fully saturated rings. The first-order valence-corrected chi connectivity index (χ1v) is 11.3. The van der Waals surface area contributed by atoms with Crippen LogP contribution in [0.15, 0.2) is 71.6 Å². The summed E-state index contributed by atoms with van der Waals surface area (Å²) < 4.78 is 39.2. The molecule has 2 N–H and O–H groups in total. The highest BCUT2D eigenvalue weighted by Gasteiger charge is 2.19.